The first kappa shape index (κ1) is 13.6. The topological polar surface area (TPSA) is 48.6 Å². The molecular formula is C12H7Br3N2OS. The standard InChI is InChI=1S/C12H7Br3N2OS/c13-6-4-8-7(16-12(18)17-8)3-5(6)11(15)9-1-2-10(14)19-9/h1-4,11H,(H2,16,17,18). The Morgan fingerprint density at radius 3 is 2.42 bits per heavy atom. The lowest BCUT2D eigenvalue weighted by Gasteiger charge is -2.10. The lowest BCUT2D eigenvalue weighted by molar-refractivity contribution is 1.21. The zero-order chi connectivity index (χ0) is 13.6. The fourth-order valence-electron chi connectivity index (χ4n) is 1.88. The summed E-state index contributed by atoms with van der Waals surface area (Å²) in [5.74, 6) is 0. The molecule has 0 saturated carbocycles. The summed E-state index contributed by atoms with van der Waals surface area (Å²) in [6, 6.07) is 7.99. The number of hydrogen-bond donors (Lipinski definition) is 2. The van der Waals surface area contributed by atoms with Crippen LogP contribution >= 0.6 is 59.1 Å². The number of aromatic amines is 2. The van der Waals surface area contributed by atoms with Crippen molar-refractivity contribution in [3.63, 3.8) is 0 Å². The number of H-pyrrole nitrogens is 2. The van der Waals surface area contributed by atoms with Gasteiger partial charge in [-0.05, 0) is 45.8 Å². The number of aromatic nitrogens is 2. The number of thiophene rings is 1. The van der Waals surface area contributed by atoms with Crippen molar-refractivity contribution in [3.05, 3.63) is 53.4 Å². The molecule has 1 aromatic carbocycles. The van der Waals surface area contributed by atoms with Crippen molar-refractivity contribution in [3.8, 4) is 0 Å². The van der Waals surface area contributed by atoms with Gasteiger partial charge in [0.2, 0.25) is 0 Å². The number of halogens is 3. The quantitative estimate of drug-likeness (QED) is 0.517. The Kier molecular flexibility index (Phi) is 3.72. The van der Waals surface area contributed by atoms with Crippen molar-refractivity contribution >= 4 is 70.2 Å². The molecule has 0 aliphatic rings. The van der Waals surface area contributed by atoms with E-state index in [0.29, 0.717) is 0 Å². The summed E-state index contributed by atoms with van der Waals surface area (Å²) in [6.07, 6.45) is 0. The van der Waals surface area contributed by atoms with Crippen molar-refractivity contribution in [2.75, 3.05) is 0 Å². The molecule has 2 heterocycles. The molecule has 19 heavy (non-hydrogen) atoms. The van der Waals surface area contributed by atoms with Crippen LogP contribution in [-0.4, -0.2) is 9.97 Å². The lowest BCUT2D eigenvalue weighted by Crippen LogP contribution is -1.99. The maximum absolute atomic E-state index is 11.3. The normalized spacial score (nSPS) is 13.0. The highest BCUT2D eigenvalue weighted by molar-refractivity contribution is 9.11. The Bertz CT molecular complexity index is 805. The third kappa shape index (κ3) is 2.61. The molecule has 98 valence electrons. The SMILES string of the molecule is O=c1[nH]c2cc(Br)c(C(Br)c3ccc(Br)s3)cc2[nH]1. The summed E-state index contributed by atoms with van der Waals surface area (Å²) in [7, 11) is 0. The predicted octanol–water partition coefficient (Wildman–Crippen LogP) is 4.93. The number of nitrogens with one attached hydrogen (secondary N) is 2. The van der Waals surface area contributed by atoms with E-state index < -0.39 is 0 Å². The van der Waals surface area contributed by atoms with Crippen LogP contribution in [0.1, 0.15) is 15.3 Å². The van der Waals surface area contributed by atoms with Crippen LogP contribution < -0.4 is 5.69 Å². The summed E-state index contributed by atoms with van der Waals surface area (Å²) in [4.78, 5) is 18.1. The van der Waals surface area contributed by atoms with Gasteiger partial charge >= 0.3 is 5.69 Å². The third-order valence-electron chi connectivity index (χ3n) is 2.75. The van der Waals surface area contributed by atoms with Gasteiger partial charge < -0.3 is 9.97 Å². The number of fused-ring (bicyclic) bond motifs is 1. The minimum atomic E-state index is -0.191. The van der Waals surface area contributed by atoms with E-state index in [1.807, 2.05) is 18.2 Å². The van der Waals surface area contributed by atoms with E-state index in [2.05, 4.69) is 63.8 Å². The molecule has 0 amide bonds. The largest absolute Gasteiger partial charge is 0.323 e. The van der Waals surface area contributed by atoms with Crippen molar-refractivity contribution in [2.24, 2.45) is 0 Å². The summed E-state index contributed by atoms with van der Waals surface area (Å²) < 4.78 is 2.06. The van der Waals surface area contributed by atoms with Crippen LogP contribution in [-0.2, 0) is 0 Å². The summed E-state index contributed by atoms with van der Waals surface area (Å²) >= 11 is 12.4. The smallest absolute Gasteiger partial charge is 0.306 e. The molecule has 0 saturated heterocycles. The van der Waals surface area contributed by atoms with Gasteiger partial charge in [-0.3, -0.25) is 0 Å². The number of imidazole rings is 1. The first-order valence-corrected chi connectivity index (χ1v) is 8.67. The number of benzene rings is 1. The van der Waals surface area contributed by atoms with E-state index in [1.165, 1.54) is 4.88 Å². The van der Waals surface area contributed by atoms with Gasteiger partial charge in [0.25, 0.3) is 0 Å². The minimum absolute atomic E-state index is 0.0842. The van der Waals surface area contributed by atoms with Gasteiger partial charge in [0, 0.05) is 9.35 Å². The Balaban J connectivity index is 2.13. The van der Waals surface area contributed by atoms with Crippen molar-refractivity contribution in [1.29, 1.82) is 0 Å². The van der Waals surface area contributed by atoms with Crippen LogP contribution in [0.2, 0.25) is 0 Å². The van der Waals surface area contributed by atoms with Gasteiger partial charge in [0.15, 0.2) is 0 Å². The third-order valence-corrected chi connectivity index (χ3v) is 6.41. The van der Waals surface area contributed by atoms with Gasteiger partial charge in [-0.15, -0.1) is 11.3 Å². The summed E-state index contributed by atoms with van der Waals surface area (Å²) in [5.41, 5.74) is 2.50. The van der Waals surface area contributed by atoms with Gasteiger partial charge in [-0.2, -0.15) is 0 Å². The van der Waals surface area contributed by atoms with E-state index in [9.17, 15) is 4.79 Å². The number of hydrogen-bond acceptors (Lipinski definition) is 2. The Hall–Kier alpha value is -0.370. The van der Waals surface area contributed by atoms with Gasteiger partial charge in [0.05, 0.1) is 19.6 Å². The van der Waals surface area contributed by atoms with Crippen molar-refractivity contribution < 1.29 is 0 Å². The van der Waals surface area contributed by atoms with Crippen LogP contribution in [0.25, 0.3) is 11.0 Å². The predicted molar refractivity (Wildman–Crippen MR) is 89.4 cm³/mol. The van der Waals surface area contributed by atoms with Gasteiger partial charge in [-0.25, -0.2) is 4.79 Å². The molecule has 1 unspecified atom stereocenters. The molecule has 0 spiro atoms. The fourth-order valence-corrected chi connectivity index (χ4v) is 5.00. The first-order valence-electron chi connectivity index (χ1n) is 5.35. The van der Waals surface area contributed by atoms with E-state index in [4.69, 9.17) is 0 Å². The Labute approximate surface area is 137 Å². The molecule has 0 fully saturated rings. The maximum Gasteiger partial charge on any atom is 0.323 e. The van der Waals surface area contributed by atoms with Crippen molar-refractivity contribution in [2.45, 2.75) is 4.83 Å². The van der Waals surface area contributed by atoms with Crippen molar-refractivity contribution in [1.82, 2.24) is 9.97 Å². The molecular weight excluding hydrogens is 460 g/mol. The highest BCUT2D eigenvalue weighted by Gasteiger charge is 2.17. The lowest BCUT2D eigenvalue weighted by atomic mass is 10.1. The second kappa shape index (κ2) is 5.20. The van der Waals surface area contributed by atoms with Crippen LogP contribution in [0, 0.1) is 0 Å². The van der Waals surface area contributed by atoms with Gasteiger partial charge in [0.1, 0.15) is 0 Å². The molecule has 0 aliphatic carbocycles. The first-order chi connectivity index (χ1) is 9.04. The number of alkyl halides is 1. The molecule has 0 bridgehead atoms. The molecule has 0 radical (unpaired) electrons. The zero-order valence-corrected chi connectivity index (χ0v) is 14.9. The molecule has 1 atom stereocenters. The van der Waals surface area contributed by atoms with Crippen LogP contribution in [0.4, 0.5) is 0 Å². The number of rotatable bonds is 2. The minimum Gasteiger partial charge on any atom is -0.306 e. The summed E-state index contributed by atoms with van der Waals surface area (Å²) in [5, 5.41) is 0. The second-order valence-corrected chi connectivity index (χ2v) is 8.27. The molecule has 3 aromatic rings. The van der Waals surface area contributed by atoms with Crippen LogP contribution in [0.5, 0.6) is 0 Å². The highest BCUT2D eigenvalue weighted by Crippen LogP contribution is 2.40. The molecule has 3 nitrogen and oxygen atoms in total. The van der Waals surface area contributed by atoms with E-state index in [0.717, 1.165) is 24.9 Å². The molecule has 2 aromatic heterocycles. The average Bonchev–Trinajstić information content (AvgIpc) is 2.92. The van der Waals surface area contributed by atoms with E-state index in [1.54, 1.807) is 11.3 Å². The summed E-state index contributed by atoms with van der Waals surface area (Å²) in [6.45, 7) is 0. The fraction of sp³-hybridized carbons (Fsp3) is 0.0833. The molecule has 2 N–H and O–H groups in total. The molecule has 3 rings (SSSR count). The Morgan fingerprint density at radius 2 is 1.79 bits per heavy atom. The molecule has 7 heteroatoms. The van der Waals surface area contributed by atoms with Gasteiger partial charge in [-0.1, -0.05) is 31.9 Å². The van der Waals surface area contributed by atoms with Crippen LogP contribution in [0.3, 0.4) is 0 Å². The zero-order valence-electron chi connectivity index (χ0n) is 9.34. The average molecular weight is 467 g/mol. The maximum atomic E-state index is 11.3. The molecule has 0 aliphatic heterocycles. The van der Waals surface area contributed by atoms with Crippen LogP contribution in [0.15, 0.2) is 37.3 Å². The highest BCUT2D eigenvalue weighted by atomic mass is 79.9. The Morgan fingerprint density at radius 1 is 1.11 bits per heavy atom. The van der Waals surface area contributed by atoms with E-state index in [-0.39, 0.29) is 10.5 Å². The second-order valence-electron chi connectivity index (χ2n) is 4.00. The monoisotopic (exact) mass is 464 g/mol. The van der Waals surface area contributed by atoms with E-state index >= 15 is 0 Å².